The molecule has 0 aliphatic heterocycles. The van der Waals surface area contributed by atoms with Gasteiger partial charge in [0.1, 0.15) is 0 Å². The summed E-state index contributed by atoms with van der Waals surface area (Å²) in [5.41, 5.74) is 5.86. The van der Waals surface area contributed by atoms with E-state index in [4.69, 9.17) is 10.5 Å². The lowest BCUT2D eigenvalue weighted by Gasteiger charge is -2.20. The summed E-state index contributed by atoms with van der Waals surface area (Å²) < 4.78 is 5.11. The van der Waals surface area contributed by atoms with E-state index in [1.807, 2.05) is 0 Å². The number of hydrogen-bond acceptors (Lipinski definition) is 2. The molecule has 0 saturated heterocycles. The number of ether oxygens (including phenoxy) is 1. The van der Waals surface area contributed by atoms with E-state index in [9.17, 15) is 0 Å². The van der Waals surface area contributed by atoms with Gasteiger partial charge in [0, 0.05) is 12.5 Å². The van der Waals surface area contributed by atoms with Gasteiger partial charge in [-0.1, -0.05) is 34.1 Å². The van der Waals surface area contributed by atoms with Crippen LogP contribution in [0.25, 0.3) is 0 Å². The van der Waals surface area contributed by atoms with Crippen LogP contribution in [-0.4, -0.2) is 25.6 Å². The summed E-state index contributed by atoms with van der Waals surface area (Å²) in [6, 6.07) is 0.212. The summed E-state index contributed by atoms with van der Waals surface area (Å²) in [6.07, 6.45) is 2.14. The van der Waals surface area contributed by atoms with Gasteiger partial charge in [-0.15, -0.1) is 0 Å². The van der Waals surface area contributed by atoms with Crippen LogP contribution in [0.2, 0.25) is 0 Å². The van der Waals surface area contributed by atoms with Gasteiger partial charge in [-0.3, -0.25) is 4.99 Å². The molecule has 0 rings (SSSR count). The van der Waals surface area contributed by atoms with E-state index in [1.54, 1.807) is 7.11 Å². The highest BCUT2D eigenvalue weighted by Crippen LogP contribution is 2.14. The molecule has 0 aliphatic rings. The van der Waals surface area contributed by atoms with E-state index < -0.39 is 0 Å². The topological polar surface area (TPSA) is 47.6 Å². The Morgan fingerprint density at radius 1 is 1.43 bits per heavy atom. The lowest BCUT2D eigenvalue weighted by molar-refractivity contribution is 0.177. The summed E-state index contributed by atoms with van der Waals surface area (Å²) in [5, 5.41) is 0. The molecule has 0 bridgehead atoms. The number of hydrogen-bond donors (Lipinski definition) is 1. The maximum Gasteiger partial charge on any atom is 0.0995 e. The predicted octanol–water partition coefficient (Wildman–Crippen LogP) is 2.20. The van der Waals surface area contributed by atoms with Crippen LogP contribution in [-0.2, 0) is 4.74 Å². The van der Waals surface area contributed by atoms with Crippen LogP contribution in [0.15, 0.2) is 4.99 Å². The normalized spacial score (nSPS) is 15.6. The maximum atomic E-state index is 5.91. The van der Waals surface area contributed by atoms with Crippen molar-refractivity contribution in [3.05, 3.63) is 0 Å². The average molecular weight is 200 g/mol. The van der Waals surface area contributed by atoms with Gasteiger partial charge in [0.25, 0.3) is 0 Å². The highest BCUT2D eigenvalue weighted by molar-refractivity contribution is 5.85. The van der Waals surface area contributed by atoms with E-state index in [1.165, 1.54) is 0 Å². The molecule has 0 aromatic carbocycles. The second kappa shape index (κ2) is 6.02. The molecule has 0 aromatic heterocycles. The first-order chi connectivity index (χ1) is 6.41. The van der Waals surface area contributed by atoms with Crippen molar-refractivity contribution >= 4 is 5.84 Å². The number of nitrogens with two attached hydrogens (primary N) is 1. The first-order valence-electron chi connectivity index (χ1n) is 5.24. The lowest BCUT2D eigenvalue weighted by atomic mass is 9.95. The van der Waals surface area contributed by atoms with E-state index >= 15 is 0 Å². The highest BCUT2D eigenvalue weighted by Gasteiger charge is 2.17. The standard InChI is InChI=1S/C11H24N2O/c1-6-7-9(8-14-5)13-10(12)11(2,3)4/h9H,6-8H2,1-5H3,(H2,12,13). The van der Waals surface area contributed by atoms with E-state index in [-0.39, 0.29) is 11.5 Å². The summed E-state index contributed by atoms with van der Waals surface area (Å²) >= 11 is 0. The van der Waals surface area contributed by atoms with Crippen molar-refractivity contribution in [2.24, 2.45) is 16.1 Å². The van der Waals surface area contributed by atoms with Gasteiger partial charge in [-0.05, 0) is 6.42 Å². The molecule has 1 atom stereocenters. The molecule has 0 saturated carbocycles. The third-order valence-electron chi connectivity index (χ3n) is 2.07. The largest absolute Gasteiger partial charge is 0.387 e. The second-order valence-corrected chi connectivity index (χ2v) is 4.66. The smallest absolute Gasteiger partial charge is 0.0995 e. The molecule has 84 valence electrons. The summed E-state index contributed by atoms with van der Waals surface area (Å²) in [5.74, 6) is 0.716. The molecule has 0 fully saturated rings. The maximum absolute atomic E-state index is 5.91. The van der Waals surface area contributed by atoms with Crippen LogP contribution in [0.1, 0.15) is 40.5 Å². The molecule has 3 nitrogen and oxygen atoms in total. The first-order valence-corrected chi connectivity index (χ1v) is 5.24. The van der Waals surface area contributed by atoms with Gasteiger partial charge < -0.3 is 10.5 Å². The summed E-state index contributed by atoms with van der Waals surface area (Å²) in [4.78, 5) is 4.50. The molecule has 0 spiro atoms. The van der Waals surface area contributed by atoms with Crippen molar-refractivity contribution in [3.63, 3.8) is 0 Å². The molecule has 0 aromatic rings. The van der Waals surface area contributed by atoms with Gasteiger partial charge in [0.15, 0.2) is 0 Å². The summed E-state index contributed by atoms with van der Waals surface area (Å²) in [7, 11) is 1.70. The minimum Gasteiger partial charge on any atom is -0.387 e. The van der Waals surface area contributed by atoms with Gasteiger partial charge in [0.2, 0.25) is 0 Å². The monoisotopic (exact) mass is 200 g/mol. The van der Waals surface area contributed by atoms with Crippen molar-refractivity contribution in [1.82, 2.24) is 0 Å². The summed E-state index contributed by atoms with van der Waals surface area (Å²) in [6.45, 7) is 9.01. The van der Waals surface area contributed by atoms with E-state index in [0.29, 0.717) is 12.4 Å². The highest BCUT2D eigenvalue weighted by atomic mass is 16.5. The van der Waals surface area contributed by atoms with Gasteiger partial charge >= 0.3 is 0 Å². The second-order valence-electron chi connectivity index (χ2n) is 4.66. The fourth-order valence-electron chi connectivity index (χ4n) is 1.10. The molecule has 0 heterocycles. The number of amidine groups is 1. The van der Waals surface area contributed by atoms with Crippen molar-refractivity contribution < 1.29 is 4.74 Å². The van der Waals surface area contributed by atoms with E-state index in [2.05, 4.69) is 32.7 Å². The fourth-order valence-corrected chi connectivity index (χ4v) is 1.10. The SMILES string of the molecule is CCCC(COC)N=C(N)C(C)(C)C. The van der Waals surface area contributed by atoms with Gasteiger partial charge in [-0.2, -0.15) is 0 Å². The van der Waals surface area contributed by atoms with Crippen molar-refractivity contribution in [2.75, 3.05) is 13.7 Å². The number of aliphatic imine (C=N–C) groups is 1. The quantitative estimate of drug-likeness (QED) is 0.546. The minimum absolute atomic E-state index is 0.0419. The minimum atomic E-state index is -0.0419. The molecule has 0 aliphatic carbocycles. The third-order valence-corrected chi connectivity index (χ3v) is 2.07. The number of nitrogens with zero attached hydrogens (tertiary/aromatic N) is 1. The van der Waals surface area contributed by atoms with Crippen LogP contribution in [0, 0.1) is 5.41 Å². The Hall–Kier alpha value is -0.570. The zero-order chi connectivity index (χ0) is 11.2. The lowest BCUT2D eigenvalue weighted by Crippen LogP contribution is -2.31. The van der Waals surface area contributed by atoms with Crippen LogP contribution in [0.3, 0.4) is 0 Å². The molecule has 3 heteroatoms. The van der Waals surface area contributed by atoms with E-state index in [0.717, 1.165) is 12.8 Å². The zero-order valence-corrected chi connectivity index (χ0v) is 10.1. The molecular formula is C11H24N2O. The molecule has 2 N–H and O–H groups in total. The third kappa shape index (κ3) is 5.22. The van der Waals surface area contributed by atoms with Crippen molar-refractivity contribution in [3.8, 4) is 0 Å². The molecular weight excluding hydrogens is 176 g/mol. The fraction of sp³-hybridized carbons (Fsp3) is 0.909. The number of methoxy groups -OCH3 is 1. The molecule has 1 unspecified atom stereocenters. The Labute approximate surface area is 87.7 Å². The molecule has 14 heavy (non-hydrogen) atoms. The van der Waals surface area contributed by atoms with Crippen LogP contribution < -0.4 is 5.73 Å². The zero-order valence-electron chi connectivity index (χ0n) is 10.1. The number of rotatable bonds is 5. The van der Waals surface area contributed by atoms with Crippen molar-refractivity contribution in [1.29, 1.82) is 0 Å². The Morgan fingerprint density at radius 3 is 2.36 bits per heavy atom. The Bertz CT molecular complexity index is 176. The van der Waals surface area contributed by atoms with Crippen LogP contribution >= 0.6 is 0 Å². The Morgan fingerprint density at radius 2 is 2.00 bits per heavy atom. The molecule has 0 amide bonds. The molecule has 0 radical (unpaired) electrons. The van der Waals surface area contributed by atoms with Crippen LogP contribution in [0.4, 0.5) is 0 Å². The average Bonchev–Trinajstić information content (AvgIpc) is 2.03. The first kappa shape index (κ1) is 13.4. The van der Waals surface area contributed by atoms with Gasteiger partial charge in [0.05, 0.1) is 18.5 Å². The Balaban J connectivity index is 4.38. The van der Waals surface area contributed by atoms with Crippen LogP contribution in [0.5, 0.6) is 0 Å². The Kier molecular flexibility index (Phi) is 5.77. The van der Waals surface area contributed by atoms with Gasteiger partial charge in [-0.25, -0.2) is 0 Å². The van der Waals surface area contributed by atoms with Crippen molar-refractivity contribution in [2.45, 2.75) is 46.6 Å². The predicted molar refractivity (Wildman–Crippen MR) is 61.6 cm³/mol.